The molecule has 28 heavy (non-hydrogen) atoms. The van der Waals surface area contributed by atoms with Crippen LogP contribution in [0.15, 0.2) is 63.1 Å². The molecule has 0 bridgehead atoms. The van der Waals surface area contributed by atoms with Crippen molar-refractivity contribution in [3.63, 3.8) is 0 Å². The molecule has 5 nitrogen and oxygen atoms in total. The Hall–Kier alpha value is -2.96. The van der Waals surface area contributed by atoms with Crippen LogP contribution in [0.2, 0.25) is 5.02 Å². The summed E-state index contributed by atoms with van der Waals surface area (Å²) < 4.78 is 5.89. The lowest BCUT2D eigenvalue weighted by Gasteiger charge is -2.22. The van der Waals surface area contributed by atoms with Gasteiger partial charge < -0.3 is 4.42 Å². The third-order valence-corrected chi connectivity index (χ3v) is 5.95. The highest BCUT2D eigenvalue weighted by Gasteiger charge is 2.44. The van der Waals surface area contributed by atoms with Gasteiger partial charge in [-0.25, -0.2) is 4.98 Å². The fraction of sp³-hybridized carbons (Fsp3) is 0.0952. The Bertz CT molecular complexity index is 1300. The van der Waals surface area contributed by atoms with Crippen molar-refractivity contribution in [1.29, 1.82) is 0 Å². The molecule has 0 saturated carbocycles. The molecule has 0 spiro atoms. The lowest BCUT2D eigenvalue weighted by atomic mass is 9.99. The summed E-state index contributed by atoms with van der Waals surface area (Å²) in [5.74, 6) is -0.311. The van der Waals surface area contributed by atoms with Gasteiger partial charge in [0.25, 0.3) is 5.91 Å². The SMILES string of the molecule is Cc1csc(N2C(=O)c3oc4ccc(Cl)cc4c(=O)c3[C@@H]2c2ccccc2)n1. The molecule has 0 unspecified atom stereocenters. The first-order valence-corrected chi connectivity index (χ1v) is 9.87. The Morgan fingerprint density at radius 1 is 1.14 bits per heavy atom. The molecular formula is C21H13ClN2O3S. The molecule has 2 aromatic carbocycles. The van der Waals surface area contributed by atoms with E-state index in [1.165, 1.54) is 11.3 Å². The number of fused-ring (bicyclic) bond motifs is 2. The molecule has 1 amide bonds. The van der Waals surface area contributed by atoms with Gasteiger partial charge in [-0.15, -0.1) is 11.3 Å². The van der Waals surface area contributed by atoms with Crippen molar-refractivity contribution in [3.8, 4) is 0 Å². The minimum Gasteiger partial charge on any atom is -0.450 e. The second kappa shape index (κ2) is 6.29. The Labute approximate surface area is 168 Å². The molecule has 0 saturated heterocycles. The second-order valence-corrected chi connectivity index (χ2v) is 7.85. The summed E-state index contributed by atoms with van der Waals surface area (Å²) in [6.07, 6.45) is 0. The number of anilines is 1. The fourth-order valence-electron chi connectivity index (χ4n) is 3.55. The largest absolute Gasteiger partial charge is 0.450 e. The van der Waals surface area contributed by atoms with Crippen molar-refractivity contribution in [2.24, 2.45) is 0 Å². The molecule has 1 aliphatic heterocycles. The van der Waals surface area contributed by atoms with Gasteiger partial charge in [0.2, 0.25) is 5.76 Å². The van der Waals surface area contributed by atoms with Gasteiger partial charge in [0.05, 0.1) is 22.7 Å². The molecule has 0 N–H and O–H groups in total. The first-order chi connectivity index (χ1) is 13.5. The van der Waals surface area contributed by atoms with Crippen LogP contribution in [0.4, 0.5) is 5.13 Å². The van der Waals surface area contributed by atoms with E-state index in [0.717, 1.165) is 11.3 Å². The quantitative estimate of drug-likeness (QED) is 0.470. The average molecular weight is 409 g/mol. The molecule has 5 rings (SSSR count). The number of aryl methyl sites for hydroxylation is 1. The van der Waals surface area contributed by atoms with E-state index in [0.29, 0.717) is 26.7 Å². The predicted molar refractivity (Wildman–Crippen MR) is 109 cm³/mol. The number of carbonyl (C=O) groups is 1. The maximum absolute atomic E-state index is 13.4. The first kappa shape index (κ1) is 17.2. The number of hydrogen-bond acceptors (Lipinski definition) is 5. The smallest absolute Gasteiger partial charge is 0.297 e. The minimum absolute atomic E-state index is 0.0570. The molecule has 4 aromatic rings. The molecule has 7 heteroatoms. The van der Waals surface area contributed by atoms with Crippen LogP contribution in [-0.4, -0.2) is 10.9 Å². The standard InChI is InChI=1S/C21H13ClN2O3S/c1-11-10-28-21(23-11)24-17(12-5-3-2-4-6-12)16-18(25)14-9-13(22)7-8-15(14)27-19(16)20(24)26/h2-10,17H,1H3/t17-/m0/s1. The lowest BCUT2D eigenvalue weighted by molar-refractivity contribution is 0.0971. The van der Waals surface area contributed by atoms with Crippen molar-refractivity contribution in [2.45, 2.75) is 13.0 Å². The zero-order valence-corrected chi connectivity index (χ0v) is 16.3. The monoisotopic (exact) mass is 408 g/mol. The number of hydrogen-bond donors (Lipinski definition) is 0. The van der Waals surface area contributed by atoms with E-state index in [1.54, 1.807) is 23.1 Å². The minimum atomic E-state index is -0.603. The Kier molecular flexibility index (Phi) is 3.86. The van der Waals surface area contributed by atoms with Crippen molar-refractivity contribution < 1.29 is 9.21 Å². The number of rotatable bonds is 2. The molecule has 0 aliphatic carbocycles. The summed E-state index contributed by atoms with van der Waals surface area (Å²) in [7, 11) is 0. The van der Waals surface area contributed by atoms with Crippen LogP contribution in [0.5, 0.6) is 0 Å². The topological polar surface area (TPSA) is 63.4 Å². The predicted octanol–water partition coefficient (Wildman–Crippen LogP) is 4.96. The van der Waals surface area contributed by atoms with Crippen LogP contribution in [0.25, 0.3) is 11.0 Å². The van der Waals surface area contributed by atoms with Crippen molar-refractivity contribution in [2.75, 3.05) is 4.90 Å². The van der Waals surface area contributed by atoms with Crippen molar-refractivity contribution in [3.05, 3.63) is 91.7 Å². The van der Waals surface area contributed by atoms with Gasteiger partial charge in [0.15, 0.2) is 10.6 Å². The van der Waals surface area contributed by atoms with E-state index in [9.17, 15) is 9.59 Å². The summed E-state index contributed by atoms with van der Waals surface area (Å²) in [6.45, 7) is 1.87. The number of amides is 1. The summed E-state index contributed by atoms with van der Waals surface area (Å²) in [5, 5.41) is 3.20. The summed E-state index contributed by atoms with van der Waals surface area (Å²) >= 11 is 7.45. The fourth-order valence-corrected chi connectivity index (χ4v) is 4.54. The summed E-state index contributed by atoms with van der Waals surface area (Å²) in [6, 6.07) is 13.6. The van der Waals surface area contributed by atoms with Gasteiger partial charge in [-0.05, 0) is 30.7 Å². The molecular weight excluding hydrogens is 396 g/mol. The molecule has 1 atom stereocenters. The van der Waals surface area contributed by atoms with Crippen LogP contribution >= 0.6 is 22.9 Å². The molecule has 0 fully saturated rings. The van der Waals surface area contributed by atoms with E-state index in [-0.39, 0.29) is 17.1 Å². The van der Waals surface area contributed by atoms with E-state index >= 15 is 0 Å². The Balaban J connectivity index is 1.84. The molecule has 138 valence electrons. The molecule has 2 aromatic heterocycles. The normalized spacial score (nSPS) is 16.0. The second-order valence-electron chi connectivity index (χ2n) is 6.57. The van der Waals surface area contributed by atoms with Gasteiger partial charge >= 0.3 is 0 Å². The number of thiazole rings is 1. The van der Waals surface area contributed by atoms with Crippen LogP contribution in [-0.2, 0) is 0 Å². The van der Waals surface area contributed by atoms with E-state index in [1.807, 2.05) is 42.6 Å². The van der Waals surface area contributed by atoms with Crippen LogP contribution < -0.4 is 10.3 Å². The van der Waals surface area contributed by atoms with Gasteiger partial charge in [-0.2, -0.15) is 0 Å². The molecule has 1 aliphatic rings. The van der Waals surface area contributed by atoms with Crippen LogP contribution in [0, 0.1) is 6.92 Å². The van der Waals surface area contributed by atoms with Gasteiger partial charge in [-0.3, -0.25) is 14.5 Å². The summed E-state index contributed by atoms with van der Waals surface area (Å²) in [4.78, 5) is 32.7. The lowest BCUT2D eigenvalue weighted by Crippen LogP contribution is -2.29. The first-order valence-electron chi connectivity index (χ1n) is 8.61. The highest BCUT2D eigenvalue weighted by Crippen LogP contribution is 2.42. The number of halogens is 1. The zero-order chi connectivity index (χ0) is 19.4. The number of carbonyl (C=O) groups excluding carboxylic acids is 1. The number of nitrogens with zero attached hydrogens (tertiary/aromatic N) is 2. The van der Waals surface area contributed by atoms with Gasteiger partial charge in [-0.1, -0.05) is 41.9 Å². The Morgan fingerprint density at radius 3 is 2.64 bits per heavy atom. The van der Waals surface area contributed by atoms with Gasteiger partial charge in [0.1, 0.15) is 5.58 Å². The van der Waals surface area contributed by atoms with E-state index < -0.39 is 6.04 Å². The third-order valence-electron chi connectivity index (χ3n) is 4.76. The molecule has 0 radical (unpaired) electrons. The highest BCUT2D eigenvalue weighted by atomic mass is 35.5. The van der Waals surface area contributed by atoms with E-state index in [2.05, 4.69) is 4.98 Å². The van der Waals surface area contributed by atoms with Crippen molar-refractivity contribution in [1.82, 2.24) is 4.98 Å². The number of aromatic nitrogens is 1. The van der Waals surface area contributed by atoms with Crippen molar-refractivity contribution >= 4 is 44.9 Å². The van der Waals surface area contributed by atoms with Crippen LogP contribution in [0.3, 0.4) is 0 Å². The maximum atomic E-state index is 13.4. The maximum Gasteiger partial charge on any atom is 0.297 e. The van der Waals surface area contributed by atoms with Crippen LogP contribution in [0.1, 0.15) is 33.4 Å². The molecule has 3 heterocycles. The Morgan fingerprint density at radius 2 is 1.93 bits per heavy atom. The zero-order valence-electron chi connectivity index (χ0n) is 14.7. The average Bonchev–Trinajstić information content (AvgIpc) is 3.24. The number of benzene rings is 2. The highest BCUT2D eigenvalue weighted by molar-refractivity contribution is 7.14. The van der Waals surface area contributed by atoms with E-state index in [4.69, 9.17) is 16.0 Å². The van der Waals surface area contributed by atoms with Gasteiger partial charge in [0, 0.05) is 10.4 Å². The third kappa shape index (κ3) is 2.49. The summed E-state index contributed by atoms with van der Waals surface area (Å²) in [5.41, 5.74) is 2.03.